The molecule has 0 spiro atoms. The zero-order chi connectivity index (χ0) is 15.8. The third-order valence-electron chi connectivity index (χ3n) is 2.54. The van der Waals surface area contributed by atoms with Gasteiger partial charge in [0, 0.05) is 6.07 Å². The van der Waals surface area contributed by atoms with Crippen molar-refractivity contribution in [1.82, 2.24) is 0 Å². The van der Waals surface area contributed by atoms with Crippen molar-refractivity contribution in [3.63, 3.8) is 0 Å². The first-order valence-corrected chi connectivity index (χ1v) is 8.08. The normalized spacial score (nSPS) is 11.4. The van der Waals surface area contributed by atoms with Crippen LogP contribution in [0.25, 0.3) is 0 Å². The average molecular weight is 398 g/mol. The van der Waals surface area contributed by atoms with Gasteiger partial charge in [0.1, 0.15) is 11.6 Å². The summed E-state index contributed by atoms with van der Waals surface area (Å²) in [5.74, 6) is -1.88. The molecular formula is C12H8BrClF2N2O2S. The Balaban J connectivity index is 2.42. The first kappa shape index (κ1) is 16.0. The molecule has 0 amide bonds. The first-order valence-electron chi connectivity index (χ1n) is 5.43. The Morgan fingerprint density at radius 3 is 2.43 bits per heavy atom. The van der Waals surface area contributed by atoms with Gasteiger partial charge in [-0.2, -0.15) is 0 Å². The molecule has 0 unspecified atom stereocenters. The summed E-state index contributed by atoms with van der Waals surface area (Å²) in [5.41, 5.74) is 5.31. The minimum absolute atomic E-state index is 0.0543. The molecule has 0 fully saturated rings. The van der Waals surface area contributed by atoms with E-state index >= 15 is 0 Å². The second-order valence-corrected chi connectivity index (χ2v) is 6.98. The number of nitrogens with two attached hydrogens (primary N) is 1. The van der Waals surface area contributed by atoms with Gasteiger partial charge in [0.25, 0.3) is 10.0 Å². The number of nitrogen functional groups attached to an aromatic ring is 1. The van der Waals surface area contributed by atoms with Crippen molar-refractivity contribution < 1.29 is 17.2 Å². The molecule has 2 aromatic rings. The topological polar surface area (TPSA) is 72.2 Å². The van der Waals surface area contributed by atoms with Crippen LogP contribution in [-0.4, -0.2) is 8.42 Å². The lowest BCUT2D eigenvalue weighted by Crippen LogP contribution is -2.14. The van der Waals surface area contributed by atoms with Crippen LogP contribution in [0.5, 0.6) is 0 Å². The number of hydrogen-bond acceptors (Lipinski definition) is 3. The van der Waals surface area contributed by atoms with Crippen LogP contribution < -0.4 is 10.5 Å². The van der Waals surface area contributed by atoms with Crippen LogP contribution in [0.4, 0.5) is 20.2 Å². The van der Waals surface area contributed by atoms with E-state index in [9.17, 15) is 17.2 Å². The molecule has 0 aliphatic heterocycles. The summed E-state index contributed by atoms with van der Waals surface area (Å²) in [6.07, 6.45) is 0. The number of rotatable bonds is 3. The fraction of sp³-hybridized carbons (Fsp3) is 0. The molecule has 0 saturated carbocycles. The molecule has 9 heteroatoms. The van der Waals surface area contributed by atoms with Gasteiger partial charge in [-0.25, -0.2) is 17.2 Å². The summed E-state index contributed by atoms with van der Waals surface area (Å²) in [6.45, 7) is 0. The number of nitrogens with one attached hydrogen (secondary N) is 1. The van der Waals surface area contributed by atoms with Crippen molar-refractivity contribution in [2.75, 3.05) is 10.5 Å². The third-order valence-corrected chi connectivity index (χ3v) is 4.83. The van der Waals surface area contributed by atoms with Gasteiger partial charge in [0.05, 0.1) is 25.8 Å². The van der Waals surface area contributed by atoms with Crippen molar-refractivity contribution >= 4 is 48.9 Å². The maximum absolute atomic E-state index is 13.6. The maximum atomic E-state index is 13.6. The van der Waals surface area contributed by atoms with Crippen molar-refractivity contribution in [2.24, 2.45) is 0 Å². The summed E-state index contributed by atoms with van der Waals surface area (Å²) >= 11 is 8.60. The van der Waals surface area contributed by atoms with E-state index < -0.39 is 27.3 Å². The molecule has 21 heavy (non-hydrogen) atoms. The number of sulfonamides is 1. The lowest BCUT2D eigenvalue weighted by Gasteiger charge is -2.10. The summed E-state index contributed by atoms with van der Waals surface area (Å²) in [7, 11) is -4.08. The number of benzene rings is 2. The Hall–Kier alpha value is -1.38. The van der Waals surface area contributed by atoms with E-state index in [1.165, 1.54) is 12.1 Å². The Bertz CT molecular complexity index is 815. The van der Waals surface area contributed by atoms with Gasteiger partial charge in [0.15, 0.2) is 0 Å². The van der Waals surface area contributed by atoms with E-state index in [1.54, 1.807) is 0 Å². The summed E-state index contributed by atoms with van der Waals surface area (Å²) < 4.78 is 52.9. The second kappa shape index (κ2) is 5.78. The van der Waals surface area contributed by atoms with Gasteiger partial charge < -0.3 is 5.73 Å². The Morgan fingerprint density at radius 1 is 1.14 bits per heavy atom. The molecular weight excluding hydrogens is 390 g/mol. The Labute approximate surface area is 133 Å². The number of halogens is 4. The zero-order valence-corrected chi connectivity index (χ0v) is 13.4. The van der Waals surface area contributed by atoms with Gasteiger partial charge in [-0.05, 0) is 40.2 Å². The Morgan fingerprint density at radius 2 is 1.81 bits per heavy atom. The molecule has 0 atom stereocenters. The van der Waals surface area contributed by atoms with Gasteiger partial charge >= 0.3 is 0 Å². The molecule has 0 aliphatic carbocycles. The molecule has 0 saturated heterocycles. The summed E-state index contributed by atoms with van der Waals surface area (Å²) in [6, 6.07) is 5.22. The molecule has 0 bridgehead atoms. The van der Waals surface area contributed by atoms with Crippen LogP contribution in [0.1, 0.15) is 0 Å². The largest absolute Gasteiger partial charge is 0.398 e. The van der Waals surface area contributed by atoms with Crippen LogP contribution >= 0.6 is 27.5 Å². The summed E-state index contributed by atoms with van der Waals surface area (Å²) in [5, 5.41) is 0.0543. The van der Waals surface area contributed by atoms with Crippen LogP contribution in [0.3, 0.4) is 0 Å². The maximum Gasteiger partial charge on any atom is 0.262 e. The number of anilines is 2. The highest BCUT2D eigenvalue weighted by Crippen LogP contribution is 2.27. The minimum atomic E-state index is -4.08. The van der Waals surface area contributed by atoms with Crippen LogP contribution in [-0.2, 0) is 10.0 Å². The van der Waals surface area contributed by atoms with Gasteiger partial charge in [-0.3, -0.25) is 4.72 Å². The first-order chi connectivity index (χ1) is 9.70. The molecule has 0 aliphatic rings. The fourth-order valence-electron chi connectivity index (χ4n) is 1.48. The lowest BCUT2D eigenvalue weighted by molar-refractivity contribution is 0.579. The second-order valence-electron chi connectivity index (χ2n) is 4.03. The van der Waals surface area contributed by atoms with E-state index in [1.807, 2.05) is 4.72 Å². The van der Waals surface area contributed by atoms with Crippen molar-refractivity contribution in [3.05, 3.63) is 51.5 Å². The average Bonchev–Trinajstić information content (AvgIpc) is 2.39. The predicted octanol–water partition coefficient (Wildman–Crippen LogP) is 3.76. The van der Waals surface area contributed by atoms with E-state index in [-0.39, 0.29) is 20.1 Å². The number of hydrogen-bond donors (Lipinski definition) is 2. The molecule has 4 nitrogen and oxygen atoms in total. The highest BCUT2D eigenvalue weighted by Gasteiger charge is 2.18. The predicted molar refractivity (Wildman–Crippen MR) is 80.7 cm³/mol. The quantitative estimate of drug-likeness (QED) is 0.612. The van der Waals surface area contributed by atoms with E-state index in [2.05, 4.69) is 15.9 Å². The Kier molecular flexibility index (Phi) is 4.40. The fourth-order valence-corrected chi connectivity index (χ4v) is 3.15. The third kappa shape index (κ3) is 3.45. The lowest BCUT2D eigenvalue weighted by atomic mass is 10.3. The van der Waals surface area contributed by atoms with E-state index in [0.717, 1.165) is 12.1 Å². The van der Waals surface area contributed by atoms with Crippen molar-refractivity contribution in [2.45, 2.75) is 4.90 Å². The van der Waals surface area contributed by atoms with Crippen LogP contribution in [0.2, 0.25) is 5.02 Å². The van der Waals surface area contributed by atoms with E-state index in [4.69, 9.17) is 17.3 Å². The SMILES string of the molecule is Nc1ccc(S(=O)(=O)Nc2cc(Br)c(F)cc2F)cc1Cl. The molecule has 2 rings (SSSR count). The van der Waals surface area contributed by atoms with Crippen molar-refractivity contribution in [3.8, 4) is 0 Å². The molecule has 112 valence electrons. The van der Waals surface area contributed by atoms with E-state index in [0.29, 0.717) is 6.07 Å². The van der Waals surface area contributed by atoms with Gasteiger partial charge in [0.2, 0.25) is 0 Å². The minimum Gasteiger partial charge on any atom is -0.398 e. The molecule has 2 aromatic carbocycles. The highest BCUT2D eigenvalue weighted by atomic mass is 79.9. The van der Waals surface area contributed by atoms with Crippen LogP contribution in [0.15, 0.2) is 39.7 Å². The van der Waals surface area contributed by atoms with Crippen LogP contribution in [0, 0.1) is 11.6 Å². The molecule has 3 N–H and O–H groups in total. The highest BCUT2D eigenvalue weighted by molar-refractivity contribution is 9.10. The molecule has 0 radical (unpaired) electrons. The standard InChI is InChI=1S/C12H8BrClF2N2O2S/c13-7-4-12(10(16)5-9(7)15)18-21(19,20)6-1-2-11(17)8(14)3-6/h1-5,18H,17H2. The van der Waals surface area contributed by atoms with Crippen molar-refractivity contribution in [1.29, 1.82) is 0 Å². The van der Waals surface area contributed by atoms with Gasteiger partial charge in [-0.15, -0.1) is 0 Å². The molecule has 0 aromatic heterocycles. The smallest absolute Gasteiger partial charge is 0.262 e. The van der Waals surface area contributed by atoms with Gasteiger partial charge in [-0.1, -0.05) is 11.6 Å². The zero-order valence-electron chi connectivity index (χ0n) is 10.2. The molecule has 0 heterocycles. The summed E-state index contributed by atoms with van der Waals surface area (Å²) in [4.78, 5) is -0.193. The monoisotopic (exact) mass is 396 g/mol.